The van der Waals surface area contributed by atoms with Crippen molar-refractivity contribution in [3.05, 3.63) is 53.1 Å². The maximum absolute atomic E-state index is 12.2. The van der Waals surface area contributed by atoms with Crippen LogP contribution in [0.4, 0.5) is 11.4 Å². The van der Waals surface area contributed by atoms with E-state index in [9.17, 15) is 9.59 Å². The number of anilines is 2. The Morgan fingerprint density at radius 2 is 1.92 bits per heavy atom. The van der Waals surface area contributed by atoms with Crippen LogP contribution in [0.3, 0.4) is 0 Å². The summed E-state index contributed by atoms with van der Waals surface area (Å²) in [5.74, 6) is 0.0239. The summed E-state index contributed by atoms with van der Waals surface area (Å²) in [6.45, 7) is 1.59. The lowest BCUT2D eigenvalue weighted by atomic mass is 10.2. The number of methoxy groups -OCH3 is 1. The molecule has 0 aromatic heterocycles. The molecule has 0 heterocycles. The molecule has 2 rings (SSSR count). The van der Waals surface area contributed by atoms with Crippen molar-refractivity contribution >= 4 is 34.8 Å². The summed E-state index contributed by atoms with van der Waals surface area (Å²) in [5.41, 5.74) is 1.61. The second kappa shape index (κ2) is 8.88. The van der Waals surface area contributed by atoms with Crippen molar-refractivity contribution in [3.8, 4) is 11.8 Å². The SMILES string of the molecule is COc1ccc(Cl)cc1N(CCC(=O)Nc1ccc(C#N)cc1)C(C)=O. The van der Waals surface area contributed by atoms with Gasteiger partial charge in [-0.25, -0.2) is 0 Å². The molecule has 0 aliphatic carbocycles. The maximum atomic E-state index is 12.2. The van der Waals surface area contributed by atoms with Crippen LogP contribution in [0.2, 0.25) is 5.02 Å². The lowest BCUT2D eigenvalue weighted by molar-refractivity contribution is -0.117. The first kappa shape index (κ1) is 19.3. The topological polar surface area (TPSA) is 82.4 Å². The van der Waals surface area contributed by atoms with Crippen LogP contribution in [0.5, 0.6) is 5.75 Å². The van der Waals surface area contributed by atoms with Crippen molar-refractivity contribution in [1.29, 1.82) is 5.26 Å². The molecule has 2 aromatic carbocycles. The highest BCUT2D eigenvalue weighted by molar-refractivity contribution is 6.31. The van der Waals surface area contributed by atoms with E-state index >= 15 is 0 Å². The number of hydrogen-bond donors (Lipinski definition) is 1. The van der Waals surface area contributed by atoms with E-state index < -0.39 is 0 Å². The van der Waals surface area contributed by atoms with Gasteiger partial charge in [0.05, 0.1) is 24.4 Å². The van der Waals surface area contributed by atoms with E-state index in [1.54, 1.807) is 42.5 Å². The predicted molar refractivity (Wildman–Crippen MR) is 100 cm³/mol. The molecular weight excluding hydrogens is 354 g/mol. The smallest absolute Gasteiger partial charge is 0.226 e. The summed E-state index contributed by atoms with van der Waals surface area (Å²) in [5, 5.41) is 12.0. The Labute approximate surface area is 156 Å². The number of rotatable bonds is 6. The van der Waals surface area contributed by atoms with Crippen molar-refractivity contribution in [2.75, 3.05) is 23.9 Å². The average molecular weight is 372 g/mol. The molecule has 0 spiro atoms. The minimum Gasteiger partial charge on any atom is -0.495 e. The summed E-state index contributed by atoms with van der Waals surface area (Å²) in [4.78, 5) is 25.7. The van der Waals surface area contributed by atoms with Crippen molar-refractivity contribution in [2.45, 2.75) is 13.3 Å². The molecule has 0 bridgehead atoms. The fourth-order valence-corrected chi connectivity index (χ4v) is 2.55. The molecule has 0 saturated carbocycles. The highest BCUT2D eigenvalue weighted by Gasteiger charge is 2.18. The highest BCUT2D eigenvalue weighted by Crippen LogP contribution is 2.31. The predicted octanol–water partition coefficient (Wildman–Crippen LogP) is 3.60. The largest absolute Gasteiger partial charge is 0.495 e. The van der Waals surface area contributed by atoms with Gasteiger partial charge in [0, 0.05) is 30.6 Å². The molecule has 0 unspecified atom stereocenters. The third-order valence-corrected chi connectivity index (χ3v) is 3.91. The first-order chi connectivity index (χ1) is 12.4. The fourth-order valence-electron chi connectivity index (χ4n) is 2.39. The van der Waals surface area contributed by atoms with Gasteiger partial charge in [0.15, 0.2) is 0 Å². The number of carbonyl (C=O) groups excluding carboxylic acids is 2. The Morgan fingerprint density at radius 3 is 2.50 bits per heavy atom. The number of nitriles is 1. The molecule has 134 valence electrons. The van der Waals surface area contributed by atoms with Crippen LogP contribution in [0.1, 0.15) is 18.9 Å². The van der Waals surface area contributed by atoms with Crippen molar-refractivity contribution < 1.29 is 14.3 Å². The van der Waals surface area contributed by atoms with Crippen LogP contribution in [0.15, 0.2) is 42.5 Å². The van der Waals surface area contributed by atoms with Gasteiger partial charge in [0.2, 0.25) is 11.8 Å². The second-order valence-electron chi connectivity index (χ2n) is 5.47. The monoisotopic (exact) mass is 371 g/mol. The fraction of sp³-hybridized carbons (Fsp3) is 0.211. The number of hydrogen-bond acceptors (Lipinski definition) is 4. The first-order valence-electron chi connectivity index (χ1n) is 7.86. The van der Waals surface area contributed by atoms with Crippen molar-refractivity contribution in [1.82, 2.24) is 0 Å². The van der Waals surface area contributed by atoms with Crippen molar-refractivity contribution in [2.24, 2.45) is 0 Å². The molecule has 0 saturated heterocycles. The molecule has 7 heteroatoms. The Bertz CT molecular complexity index is 844. The Morgan fingerprint density at radius 1 is 1.23 bits per heavy atom. The quantitative estimate of drug-likeness (QED) is 0.840. The van der Waals surface area contributed by atoms with Crippen LogP contribution >= 0.6 is 11.6 Å². The average Bonchev–Trinajstić information content (AvgIpc) is 2.62. The summed E-state index contributed by atoms with van der Waals surface area (Å²) in [6.07, 6.45) is 0.0925. The third kappa shape index (κ3) is 4.98. The van der Waals surface area contributed by atoms with Gasteiger partial charge in [-0.3, -0.25) is 9.59 Å². The second-order valence-corrected chi connectivity index (χ2v) is 5.91. The Hall–Kier alpha value is -3.04. The standard InChI is InChI=1S/C19H18ClN3O3/c1-13(24)23(17-11-15(20)5-8-18(17)26-2)10-9-19(25)22-16-6-3-14(12-21)4-7-16/h3-8,11H,9-10H2,1-2H3,(H,22,25). The lowest BCUT2D eigenvalue weighted by Crippen LogP contribution is -2.32. The number of benzene rings is 2. The summed E-state index contributed by atoms with van der Waals surface area (Å²) < 4.78 is 5.28. The zero-order chi connectivity index (χ0) is 19.1. The molecule has 2 aromatic rings. The highest BCUT2D eigenvalue weighted by atomic mass is 35.5. The Balaban J connectivity index is 2.06. The minimum atomic E-state index is -0.248. The molecule has 0 aliphatic rings. The van der Waals surface area contributed by atoms with E-state index in [1.807, 2.05) is 6.07 Å². The number of carbonyl (C=O) groups is 2. The zero-order valence-electron chi connectivity index (χ0n) is 14.5. The third-order valence-electron chi connectivity index (χ3n) is 3.67. The van der Waals surface area contributed by atoms with Crippen LogP contribution in [-0.4, -0.2) is 25.5 Å². The van der Waals surface area contributed by atoms with Gasteiger partial charge in [-0.05, 0) is 42.5 Å². The van der Waals surface area contributed by atoms with Gasteiger partial charge >= 0.3 is 0 Å². The summed E-state index contributed by atoms with van der Waals surface area (Å²) >= 11 is 6.02. The van der Waals surface area contributed by atoms with E-state index in [1.165, 1.54) is 18.9 Å². The first-order valence-corrected chi connectivity index (χ1v) is 8.24. The lowest BCUT2D eigenvalue weighted by Gasteiger charge is -2.23. The van der Waals surface area contributed by atoms with Gasteiger partial charge in [-0.15, -0.1) is 0 Å². The molecule has 1 N–H and O–H groups in total. The molecule has 0 atom stereocenters. The summed E-state index contributed by atoms with van der Waals surface area (Å²) in [7, 11) is 1.50. The number of halogens is 1. The maximum Gasteiger partial charge on any atom is 0.226 e. The van der Waals surface area contributed by atoms with Crippen LogP contribution in [0, 0.1) is 11.3 Å². The van der Waals surface area contributed by atoms with Crippen LogP contribution < -0.4 is 15.0 Å². The number of nitrogens with one attached hydrogen (secondary N) is 1. The molecule has 0 fully saturated rings. The normalized spacial score (nSPS) is 9.92. The van der Waals surface area contributed by atoms with E-state index in [0.717, 1.165) is 0 Å². The number of amides is 2. The van der Waals surface area contributed by atoms with Gasteiger partial charge in [0.1, 0.15) is 5.75 Å². The van der Waals surface area contributed by atoms with E-state index in [-0.39, 0.29) is 24.8 Å². The van der Waals surface area contributed by atoms with Crippen LogP contribution in [0.25, 0.3) is 0 Å². The van der Waals surface area contributed by atoms with E-state index in [4.69, 9.17) is 21.6 Å². The van der Waals surface area contributed by atoms with Crippen molar-refractivity contribution in [3.63, 3.8) is 0 Å². The molecule has 6 nitrogen and oxygen atoms in total. The number of ether oxygens (including phenoxy) is 1. The zero-order valence-corrected chi connectivity index (χ0v) is 15.2. The van der Waals surface area contributed by atoms with E-state index in [0.29, 0.717) is 27.7 Å². The van der Waals surface area contributed by atoms with Gasteiger partial charge in [-0.1, -0.05) is 11.6 Å². The van der Waals surface area contributed by atoms with Gasteiger partial charge in [-0.2, -0.15) is 5.26 Å². The molecule has 2 amide bonds. The summed E-state index contributed by atoms with van der Waals surface area (Å²) in [6, 6.07) is 13.5. The van der Waals surface area contributed by atoms with Gasteiger partial charge < -0.3 is 15.0 Å². The molecular formula is C19H18ClN3O3. The minimum absolute atomic E-state index is 0.0925. The van der Waals surface area contributed by atoms with E-state index in [2.05, 4.69) is 5.32 Å². The number of nitrogens with zero attached hydrogens (tertiary/aromatic N) is 2. The molecule has 0 aliphatic heterocycles. The molecule has 0 radical (unpaired) electrons. The molecule has 26 heavy (non-hydrogen) atoms. The van der Waals surface area contributed by atoms with Gasteiger partial charge in [0.25, 0.3) is 0 Å². The Kier molecular flexibility index (Phi) is 6.59. The van der Waals surface area contributed by atoms with Crippen LogP contribution in [-0.2, 0) is 9.59 Å².